The Hall–Kier alpha value is -5.10. The van der Waals surface area contributed by atoms with Crippen LogP contribution in [0.4, 0.5) is 0 Å². The number of carboxylic acid groups (broad SMARTS) is 1. The quantitative estimate of drug-likeness (QED) is 0.0614. The highest BCUT2D eigenvalue weighted by atomic mass is 16.4. The van der Waals surface area contributed by atoms with Gasteiger partial charge >= 0.3 is 5.97 Å². The molecule has 1 aromatic carbocycles. The van der Waals surface area contributed by atoms with E-state index >= 15 is 0 Å². The molecule has 8 atom stereocenters. The smallest absolute Gasteiger partial charge is 0.326 e. The molecule has 0 bridgehead atoms. The van der Waals surface area contributed by atoms with Crippen LogP contribution >= 0.6 is 0 Å². The second-order valence-electron chi connectivity index (χ2n) is 14.0. The first-order valence-electron chi connectivity index (χ1n) is 18.2. The molecule has 1 aliphatic rings. The lowest BCUT2D eigenvalue weighted by Crippen LogP contribution is -2.61. The normalized spacial score (nSPS) is 17.7. The summed E-state index contributed by atoms with van der Waals surface area (Å²) in [5, 5.41) is 37.4. The highest BCUT2D eigenvalue weighted by Crippen LogP contribution is 2.11. The molecule has 54 heavy (non-hydrogen) atoms. The fourth-order valence-electron chi connectivity index (χ4n) is 5.71. The summed E-state index contributed by atoms with van der Waals surface area (Å²) in [5.41, 5.74) is 6.09. The van der Waals surface area contributed by atoms with Crippen LogP contribution in [0.2, 0.25) is 0 Å². The molecule has 0 aliphatic carbocycles. The molecule has 0 aromatic heterocycles. The van der Waals surface area contributed by atoms with Gasteiger partial charge in [-0.2, -0.15) is 0 Å². The van der Waals surface area contributed by atoms with E-state index in [0.29, 0.717) is 24.9 Å². The second kappa shape index (κ2) is 22.2. The number of amides is 7. The summed E-state index contributed by atoms with van der Waals surface area (Å²) in [5.74, 6) is -7.54. The van der Waals surface area contributed by atoms with Crippen molar-refractivity contribution >= 4 is 47.3 Å². The summed E-state index contributed by atoms with van der Waals surface area (Å²) >= 11 is 0. The average Bonchev–Trinajstić information content (AvgIpc) is 3.67. The Kier molecular flexibility index (Phi) is 18.5. The van der Waals surface area contributed by atoms with Crippen molar-refractivity contribution in [3.8, 4) is 0 Å². The van der Waals surface area contributed by atoms with Gasteiger partial charge in [0.15, 0.2) is 0 Å². The van der Waals surface area contributed by atoms with Gasteiger partial charge in [-0.3, -0.25) is 33.6 Å². The van der Waals surface area contributed by atoms with Gasteiger partial charge in [-0.25, -0.2) is 4.79 Å². The Morgan fingerprint density at radius 1 is 0.778 bits per heavy atom. The number of carboxylic acids is 1. The van der Waals surface area contributed by atoms with E-state index in [2.05, 4.69) is 37.2 Å². The number of rotatable bonds is 22. The number of aliphatic hydroxyl groups is 1. The summed E-state index contributed by atoms with van der Waals surface area (Å²) in [4.78, 5) is 103. The zero-order valence-corrected chi connectivity index (χ0v) is 31.5. The number of hydrogen-bond acceptors (Lipinski definition) is 10. The van der Waals surface area contributed by atoms with E-state index in [-0.39, 0.29) is 24.7 Å². The highest BCUT2D eigenvalue weighted by molar-refractivity contribution is 5.98. The summed E-state index contributed by atoms with van der Waals surface area (Å²) in [6.45, 7) is 8.01. The third-order valence-corrected chi connectivity index (χ3v) is 9.02. The number of carbonyl (C=O) groups is 8. The van der Waals surface area contributed by atoms with E-state index in [1.54, 1.807) is 58.0 Å². The summed E-state index contributed by atoms with van der Waals surface area (Å²) in [7, 11) is 0. The van der Waals surface area contributed by atoms with Gasteiger partial charge in [-0.1, -0.05) is 64.4 Å². The first-order valence-corrected chi connectivity index (χ1v) is 18.2. The first kappa shape index (κ1) is 45.1. The van der Waals surface area contributed by atoms with Crippen LogP contribution in [0.1, 0.15) is 72.3 Å². The number of carbonyl (C=O) groups excluding carboxylic acids is 7. The predicted octanol–water partition coefficient (Wildman–Crippen LogP) is -2.05. The molecule has 18 nitrogen and oxygen atoms in total. The Balaban J connectivity index is 2.18. The fourth-order valence-corrected chi connectivity index (χ4v) is 5.71. The minimum Gasteiger partial charge on any atom is -0.480 e. The minimum atomic E-state index is -1.66. The molecular formula is C36H56N8O10. The largest absolute Gasteiger partial charge is 0.480 e. The summed E-state index contributed by atoms with van der Waals surface area (Å²) < 4.78 is 0. The van der Waals surface area contributed by atoms with E-state index in [1.165, 1.54) is 6.92 Å². The number of hydrogen-bond donors (Lipinski definition) is 10. The van der Waals surface area contributed by atoms with Crippen molar-refractivity contribution in [2.45, 2.75) is 115 Å². The first-order chi connectivity index (χ1) is 25.5. The summed E-state index contributed by atoms with van der Waals surface area (Å²) in [6.07, 6.45) is 1.27. The van der Waals surface area contributed by atoms with Crippen LogP contribution < -0.4 is 43.0 Å². The van der Waals surface area contributed by atoms with Gasteiger partial charge in [0, 0.05) is 6.42 Å². The van der Waals surface area contributed by atoms with Gasteiger partial charge in [0.25, 0.3) is 0 Å². The minimum absolute atomic E-state index is 0.0509. The fraction of sp³-hybridized carbons (Fsp3) is 0.611. The average molecular weight is 761 g/mol. The van der Waals surface area contributed by atoms with Gasteiger partial charge in [0.05, 0.1) is 19.1 Å². The lowest BCUT2D eigenvalue weighted by molar-refractivity contribution is -0.143. The topological polar surface area (TPSA) is 287 Å². The van der Waals surface area contributed by atoms with Crippen LogP contribution in [-0.2, 0) is 44.8 Å². The standard InChI is InChI=1S/C36H56N8O10/c1-6-20(4)29(36(53)54)44-30(47)21(5)39-32(49)24(15-19(2)3)40-35(52)27(18-45)43-34(51)26(17-28(37)46)42-33(50)25(16-22-11-8-7-9-12-22)41-31(48)23-13-10-14-38-23/h7-9,11-12,19-21,23-27,29,38,45H,6,10,13-18H2,1-5H3,(H2,37,46)(H,39,49)(H,40,52)(H,41,48)(H,42,50)(H,43,51)(H,44,47)(H,53,54)/t20-,21-,23-,24-,25-,26-,27-,29+/m0/s1. The number of primary amides is 1. The molecule has 0 saturated carbocycles. The number of nitrogens with one attached hydrogen (secondary N) is 7. The van der Waals surface area contributed by atoms with Crippen LogP contribution in [0, 0.1) is 11.8 Å². The Morgan fingerprint density at radius 2 is 1.35 bits per heavy atom. The van der Waals surface area contributed by atoms with Crippen molar-refractivity contribution in [1.82, 2.24) is 37.2 Å². The SMILES string of the molecule is CC[C@H](C)[C@@H](NC(=O)[C@H](C)NC(=O)[C@H](CC(C)C)NC(=O)[C@H](CO)NC(=O)[C@H](CC(N)=O)NC(=O)[C@H](Cc1ccccc1)NC(=O)[C@@H]1CCCN1)C(=O)O. The monoisotopic (exact) mass is 760 g/mol. The van der Waals surface area contributed by atoms with Gasteiger partial charge in [0.2, 0.25) is 41.4 Å². The number of aliphatic hydroxyl groups excluding tert-OH is 1. The van der Waals surface area contributed by atoms with Gasteiger partial charge in [-0.15, -0.1) is 0 Å². The van der Waals surface area contributed by atoms with Crippen molar-refractivity contribution in [1.29, 1.82) is 0 Å². The lowest BCUT2D eigenvalue weighted by atomic mass is 9.99. The van der Waals surface area contributed by atoms with Crippen molar-refractivity contribution in [3.63, 3.8) is 0 Å². The maximum absolute atomic E-state index is 13.6. The third kappa shape index (κ3) is 14.7. The molecule has 18 heteroatoms. The summed E-state index contributed by atoms with van der Waals surface area (Å²) in [6, 6.07) is 0.234. The molecule has 2 rings (SSSR count). The van der Waals surface area contributed by atoms with Crippen LogP contribution in [0.25, 0.3) is 0 Å². The lowest BCUT2D eigenvalue weighted by Gasteiger charge is -2.27. The maximum atomic E-state index is 13.6. The molecule has 0 spiro atoms. The molecule has 1 fully saturated rings. The Labute approximate surface area is 314 Å². The van der Waals surface area contributed by atoms with E-state index in [0.717, 1.165) is 6.42 Å². The number of aliphatic carboxylic acids is 1. The van der Waals surface area contributed by atoms with Gasteiger partial charge in [-0.05, 0) is 50.1 Å². The molecule has 0 radical (unpaired) electrons. The van der Waals surface area contributed by atoms with Crippen molar-refractivity contribution in [2.75, 3.05) is 13.2 Å². The van der Waals surface area contributed by atoms with E-state index in [9.17, 15) is 48.6 Å². The van der Waals surface area contributed by atoms with Crippen LogP contribution in [0.15, 0.2) is 30.3 Å². The molecule has 300 valence electrons. The molecular weight excluding hydrogens is 704 g/mol. The molecule has 1 saturated heterocycles. The van der Waals surface area contributed by atoms with E-state index < -0.39 is 103 Å². The Bertz CT molecular complexity index is 1470. The maximum Gasteiger partial charge on any atom is 0.326 e. The molecule has 1 aliphatic heterocycles. The zero-order valence-electron chi connectivity index (χ0n) is 31.5. The van der Waals surface area contributed by atoms with Crippen LogP contribution in [0.5, 0.6) is 0 Å². The molecule has 7 amide bonds. The number of benzene rings is 1. The Morgan fingerprint density at radius 3 is 1.89 bits per heavy atom. The van der Waals surface area contributed by atoms with E-state index in [1.807, 2.05) is 0 Å². The van der Waals surface area contributed by atoms with Gasteiger partial charge in [0.1, 0.15) is 36.3 Å². The second-order valence-corrected chi connectivity index (χ2v) is 14.0. The zero-order chi connectivity index (χ0) is 40.5. The van der Waals surface area contributed by atoms with Gasteiger partial charge < -0.3 is 53.2 Å². The van der Waals surface area contributed by atoms with E-state index in [4.69, 9.17) is 5.73 Å². The molecule has 11 N–H and O–H groups in total. The molecule has 0 unspecified atom stereocenters. The third-order valence-electron chi connectivity index (χ3n) is 9.02. The van der Waals surface area contributed by atoms with Crippen LogP contribution in [-0.4, -0.2) is 113 Å². The molecule has 1 heterocycles. The molecule has 1 aromatic rings. The van der Waals surface area contributed by atoms with Crippen molar-refractivity contribution in [3.05, 3.63) is 35.9 Å². The predicted molar refractivity (Wildman–Crippen MR) is 196 cm³/mol. The number of nitrogens with two attached hydrogens (primary N) is 1. The van der Waals surface area contributed by atoms with Crippen LogP contribution in [0.3, 0.4) is 0 Å². The van der Waals surface area contributed by atoms with Crippen molar-refractivity contribution < 1.29 is 48.6 Å². The van der Waals surface area contributed by atoms with Crippen molar-refractivity contribution in [2.24, 2.45) is 17.6 Å². The highest BCUT2D eigenvalue weighted by Gasteiger charge is 2.34.